The molecule has 2 heterocycles. The van der Waals surface area contributed by atoms with Crippen molar-refractivity contribution < 1.29 is 32.1 Å². The first-order valence-electron chi connectivity index (χ1n) is 12.0. The van der Waals surface area contributed by atoms with Crippen molar-refractivity contribution in [1.82, 2.24) is 14.5 Å². The Bertz CT molecular complexity index is 1250. The van der Waals surface area contributed by atoms with Crippen LogP contribution in [0.15, 0.2) is 41.3 Å². The van der Waals surface area contributed by atoms with Gasteiger partial charge >= 0.3 is 11.9 Å². The number of benzene rings is 1. The van der Waals surface area contributed by atoms with E-state index in [-0.39, 0.29) is 17.5 Å². The Hall–Kier alpha value is -3.02. The second kappa shape index (κ2) is 10.5. The van der Waals surface area contributed by atoms with Gasteiger partial charge in [0, 0.05) is 12.6 Å². The molecule has 0 saturated carbocycles. The molecular formula is C25H33N4O6S+. The number of amides is 3. The fourth-order valence-corrected chi connectivity index (χ4v) is 6.04. The molecule has 1 aliphatic carbocycles. The summed E-state index contributed by atoms with van der Waals surface area (Å²) in [6.45, 7) is 1.88. The smallest absolute Gasteiger partial charge is 0.493 e. The minimum atomic E-state index is -3.92. The Morgan fingerprint density at radius 2 is 1.78 bits per heavy atom. The number of fused-ring (bicyclic) bond motifs is 1. The summed E-state index contributed by atoms with van der Waals surface area (Å²) in [6, 6.07) is 4.98. The average Bonchev–Trinajstić information content (AvgIpc) is 2.90. The normalized spacial score (nSPS) is 21.8. The largest absolute Gasteiger partial charge is 0.500 e. The summed E-state index contributed by atoms with van der Waals surface area (Å²) < 4.78 is 41.6. The van der Waals surface area contributed by atoms with Crippen LogP contribution in [0.3, 0.4) is 0 Å². The van der Waals surface area contributed by atoms with E-state index in [1.165, 1.54) is 29.9 Å². The number of nitrogens with one attached hydrogen (secondary N) is 1. The molecule has 1 N–H and O–H groups in total. The van der Waals surface area contributed by atoms with Crippen molar-refractivity contribution >= 4 is 27.7 Å². The van der Waals surface area contributed by atoms with E-state index in [2.05, 4.69) is 9.62 Å². The first-order valence-corrected chi connectivity index (χ1v) is 13.4. The Morgan fingerprint density at radius 3 is 2.44 bits per heavy atom. The van der Waals surface area contributed by atoms with Crippen molar-refractivity contribution in [3.05, 3.63) is 46.9 Å². The molecule has 0 aromatic heterocycles. The van der Waals surface area contributed by atoms with Crippen LogP contribution in [0.4, 0.5) is 4.79 Å². The lowest BCUT2D eigenvalue weighted by molar-refractivity contribution is -0.405. The molecule has 10 nitrogen and oxygen atoms in total. The number of carbonyl (C=O) groups excluding carboxylic acids is 2. The minimum Gasteiger partial charge on any atom is -0.493 e. The molecule has 0 bridgehead atoms. The number of nitrogens with zero attached hydrogens (tertiary/aromatic N) is 3. The molecule has 3 amide bonds. The van der Waals surface area contributed by atoms with Crippen molar-refractivity contribution in [1.29, 1.82) is 0 Å². The van der Waals surface area contributed by atoms with Gasteiger partial charge in [-0.05, 0) is 61.9 Å². The molecule has 2 aliphatic heterocycles. The van der Waals surface area contributed by atoms with Gasteiger partial charge in [0.25, 0.3) is 0 Å². The molecule has 0 radical (unpaired) electrons. The van der Waals surface area contributed by atoms with Crippen LogP contribution in [0.1, 0.15) is 30.9 Å². The van der Waals surface area contributed by atoms with Crippen molar-refractivity contribution in [3.63, 3.8) is 0 Å². The first-order chi connectivity index (χ1) is 17.2. The number of hydrogen-bond acceptors (Lipinski definition) is 7. The molecule has 3 aliphatic rings. The fraction of sp³-hybridized carbons (Fsp3) is 0.480. The molecule has 1 aromatic carbocycles. The summed E-state index contributed by atoms with van der Waals surface area (Å²) in [5.41, 5.74) is 1.38. The quantitative estimate of drug-likeness (QED) is 0.525. The van der Waals surface area contributed by atoms with Gasteiger partial charge in [0.2, 0.25) is 10.0 Å². The van der Waals surface area contributed by atoms with Gasteiger partial charge in [0.1, 0.15) is 11.6 Å². The van der Waals surface area contributed by atoms with Crippen molar-refractivity contribution in [2.24, 2.45) is 5.92 Å². The zero-order valence-corrected chi connectivity index (χ0v) is 21.9. The summed E-state index contributed by atoms with van der Waals surface area (Å²) in [5.74, 6) is -0.103. The minimum absolute atomic E-state index is 0.00505. The average molecular weight is 518 g/mol. The number of imide groups is 1. The van der Waals surface area contributed by atoms with Crippen molar-refractivity contribution in [3.8, 4) is 11.5 Å². The fourth-order valence-electron chi connectivity index (χ4n) is 4.93. The highest BCUT2D eigenvalue weighted by atomic mass is 32.2. The lowest BCUT2D eigenvalue weighted by atomic mass is 9.95. The molecule has 2 unspecified atom stereocenters. The SMILES string of the molecule is COc1ccc(C(CNS(=O)(=O)C2=CC3C(=O)N(C)C(=O)[N+](C)=C3C=C2)N2CCCCC2)cc1OC. The third kappa shape index (κ3) is 4.95. The van der Waals surface area contributed by atoms with E-state index in [9.17, 15) is 18.0 Å². The number of piperidine rings is 1. The van der Waals surface area contributed by atoms with Crippen LogP contribution in [0.25, 0.3) is 0 Å². The van der Waals surface area contributed by atoms with Crippen molar-refractivity contribution in [2.45, 2.75) is 25.3 Å². The van der Waals surface area contributed by atoms with Crippen LogP contribution in [0.5, 0.6) is 11.5 Å². The number of carbonyl (C=O) groups is 2. The predicted molar refractivity (Wildman–Crippen MR) is 135 cm³/mol. The first kappa shape index (κ1) is 26.1. The van der Waals surface area contributed by atoms with Crippen LogP contribution < -0.4 is 14.2 Å². The second-order valence-electron chi connectivity index (χ2n) is 9.12. The van der Waals surface area contributed by atoms with Crippen LogP contribution in [0, 0.1) is 5.92 Å². The van der Waals surface area contributed by atoms with Gasteiger partial charge in [-0.25, -0.2) is 17.9 Å². The zero-order chi connectivity index (χ0) is 26.0. The Morgan fingerprint density at radius 1 is 1.08 bits per heavy atom. The molecule has 0 spiro atoms. The number of allylic oxidation sites excluding steroid dienone is 2. The van der Waals surface area contributed by atoms with E-state index in [1.54, 1.807) is 21.3 Å². The number of methoxy groups -OCH3 is 2. The van der Waals surface area contributed by atoms with E-state index in [1.807, 2.05) is 18.2 Å². The molecule has 36 heavy (non-hydrogen) atoms. The number of urea groups is 1. The van der Waals surface area contributed by atoms with E-state index >= 15 is 0 Å². The van der Waals surface area contributed by atoms with Crippen LogP contribution in [-0.4, -0.2) is 88.4 Å². The van der Waals surface area contributed by atoms with E-state index in [4.69, 9.17) is 9.47 Å². The van der Waals surface area contributed by atoms with E-state index < -0.39 is 27.9 Å². The number of rotatable bonds is 8. The van der Waals surface area contributed by atoms with Gasteiger partial charge in [0.05, 0.1) is 33.2 Å². The Kier molecular flexibility index (Phi) is 7.62. The number of likely N-dealkylation sites (tertiary alicyclic amines) is 1. The number of sulfonamides is 1. The summed E-state index contributed by atoms with van der Waals surface area (Å²) in [6.07, 6.45) is 7.62. The van der Waals surface area contributed by atoms with E-state index in [0.29, 0.717) is 17.2 Å². The maximum atomic E-state index is 13.3. The lowest BCUT2D eigenvalue weighted by Gasteiger charge is -2.35. The molecule has 4 rings (SSSR count). The van der Waals surface area contributed by atoms with Gasteiger partial charge < -0.3 is 9.47 Å². The third-order valence-electron chi connectivity index (χ3n) is 7.03. The monoisotopic (exact) mass is 517 g/mol. The highest BCUT2D eigenvalue weighted by Crippen LogP contribution is 2.33. The molecule has 194 valence electrons. The molecular weight excluding hydrogens is 484 g/mol. The van der Waals surface area contributed by atoms with Gasteiger partial charge in [-0.1, -0.05) is 12.5 Å². The zero-order valence-electron chi connectivity index (χ0n) is 21.1. The summed E-state index contributed by atoms with van der Waals surface area (Å²) in [4.78, 5) is 28.2. The summed E-state index contributed by atoms with van der Waals surface area (Å²) in [7, 11) is 2.18. The predicted octanol–water partition coefficient (Wildman–Crippen LogP) is 1.90. The van der Waals surface area contributed by atoms with Crippen molar-refractivity contribution in [2.75, 3.05) is 47.9 Å². The van der Waals surface area contributed by atoms with Crippen LogP contribution in [-0.2, 0) is 14.8 Å². The Balaban J connectivity index is 1.59. The van der Waals surface area contributed by atoms with E-state index in [0.717, 1.165) is 42.8 Å². The van der Waals surface area contributed by atoms with Crippen LogP contribution in [0.2, 0.25) is 0 Å². The standard InChI is InChI=1S/C25H33N4O6S/c1-27-20-10-9-18(15-19(20)24(30)28(2)25(27)31)36(32,33)26-16-21(29-12-6-5-7-13-29)17-8-11-22(34-3)23(14-17)35-4/h8-11,14-15,19,21,26H,5-7,12-13,16H2,1-4H3/q+1. The maximum Gasteiger partial charge on any atom is 0.500 e. The molecule has 2 atom stereocenters. The Labute approximate surface area is 211 Å². The third-order valence-corrected chi connectivity index (χ3v) is 8.47. The number of ether oxygens (including phenoxy) is 2. The highest BCUT2D eigenvalue weighted by Gasteiger charge is 2.44. The lowest BCUT2D eigenvalue weighted by Crippen LogP contribution is -2.51. The maximum absolute atomic E-state index is 13.3. The molecule has 1 fully saturated rings. The summed E-state index contributed by atoms with van der Waals surface area (Å²) in [5, 5.41) is 0. The van der Waals surface area contributed by atoms with Gasteiger partial charge in [-0.2, -0.15) is 14.3 Å². The second-order valence-corrected chi connectivity index (χ2v) is 10.9. The molecule has 11 heteroatoms. The highest BCUT2D eigenvalue weighted by molar-refractivity contribution is 7.93. The van der Waals surface area contributed by atoms with Gasteiger partial charge in [0.15, 0.2) is 11.5 Å². The summed E-state index contributed by atoms with van der Waals surface area (Å²) >= 11 is 0. The van der Waals surface area contributed by atoms with Crippen LogP contribution >= 0.6 is 0 Å². The molecule has 1 aromatic rings. The van der Waals surface area contributed by atoms with Gasteiger partial charge in [-0.3, -0.25) is 4.90 Å². The molecule has 1 saturated heterocycles. The topological polar surface area (TPSA) is 108 Å². The number of hydrogen-bond donors (Lipinski definition) is 1. The van der Waals surface area contributed by atoms with Gasteiger partial charge in [-0.15, -0.1) is 0 Å².